The Bertz CT molecular complexity index is 799. The van der Waals surface area contributed by atoms with E-state index in [0.717, 1.165) is 22.0 Å². The van der Waals surface area contributed by atoms with Gasteiger partial charge >= 0.3 is 0 Å². The largest absolute Gasteiger partial charge is 0.395 e. The van der Waals surface area contributed by atoms with E-state index in [-0.39, 0.29) is 24.5 Å². The summed E-state index contributed by atoms with van der Waals surface area (Å²) in [5, 5.41) is 14.3. The molecule has 0 saturated carbocycles. The maximum atomic E-state index is 13.0. The van der Waals surface area contributed by atoms with E-state index in [1.54, 1.807) is 18.3 Å². The Labute approximate surface area is 141 Å². The van der Waals surface area contributed by atoms with Crippen LogP contribution in [0.3, 0.4) is 0 Å². The van der Waals surface area contributed by atoms with Gasteiger partial charge in [0.25, 0.3) is 0 Å². The highest BCUT2D eigenvalue weighted by atomic mass is 19.1. The van der Waals surface area contributed by atoms with Crippen molar-refractivity contribution in [2.75, 3.05) is 6.61 Å². The standard InChI is InChI=1S/C20H21FN2O/c1-14(19-6-2-4-16-5-3-11-22-20(16)19)23-18(13-24)12-15-7-9-17(21)10-8-15/h2-11,14,18,23-24H,12-13H2,1H3. The minimum atomic E-state index is -0.248. The van der Waals surface area contributed by atoms with Gasteiger partial charge in [-0.05, 0) is 42.7 Å². The van der Waals surface area contributed by atoms with Gasteiger partial charge in [-0.15, -0.1) is 0 Å². The zero-order valence-electron chi connectivity index (χ0n) is 13.6. The van der Waals surface area contributed by atoms with Crippen molar-refractivity contribution in [3.63, 3.8) is 0 Å². The Balaban J connectivity index is 1.76. The van der Waals surface area contributed by atoms with Gasteiger partial charge in [0, 0.05) is 23.7 Å². The smallest absolute Gasteiger partial charge is 0.123 e. The van der Waals surface area contributed by atoms with E-state index in [1.807, 2.05) is 24.3 Å². The van der Waals surface area contributed by atoms with Crippen molar-refractivity contribution in [1.82, 2.24) is 10.3 Å². The molecule has 3 rings (SSSR count). The van der Waals surface area contributed by atoms with E-state index in [0.29, 0.717) is 6.42 Å². The third-order valence-corrected chi connectivity index (χ3v) is 4.23. The molecule has 124 valence electrons. The molecule has 2 N–H and O–H groups in total. The van der Waals surface area contributed by atoms with Crippen LogP contribution in [0.1, 0.15) is 24.1 Å². The summed E-state index contributed by atoms with van der Waals surface area (Å²) in [5.74, 6) is -0.248. The summed E-state index contributed by atoms with van der Waals surface area (Å²) < 4.78 is 13.0. The molecule has 3 nitrogen and oxygen atoms in total. The van der Waals surface area contributed by atoms with Gasteiger partial charge < -0.3 is 10.4 Å². The molecule has 0 bridgehead atoms. The molecular formula is C20H21FN2O. The maximum Gasteiger partial charge on any atom is 0.123 e. The van der Waals surface area contributed by atoms with Gasteiger partial charge in [0.15, 0.2) is 0 Å². The molecule has 3 aromatic rings. The number of fused-ring (bicyclic) bond motifs is 1. The molecule has 0 aliphatic carbocycles. The monoisotopic (exact) mass is 324 g/mol. The van der Waals surface area contributed by atoms with Crippen molar-refractivity contribution in [3.05, 3.63) is 77.7 Å². The van der Waals surface area contributed by atoms with E-state index in [4.69, 9.17) is 0 Å². The number of halogens is 1. The second-order valence-electron chi connectivity index (χ2n) is 6.02. The molecule has 0 aliphatic heterocycles. The van der Waals surface area contributed by atoms with E-state index >= 15 is 0 Å². The summed E-state index contributed by atoms with van der Waals surface area (Å²) in [6.45, 7) is 2.08. The van der Waals surface area contributed by atoms with Gasteiger partial charge in [-0.25, -0.2) is 4.39 Å². The number of hydrogen-bond donors (Lipinski definition) is 2. The molecular weight excluding hydrogens is 303 g/mol. The van der Waals surface area contributed by atoms with E-state index in [1.165, 1.54) is 12.1 Å². The van der Waals surface area contributed by atoms with Gasteiger partial charge in [0.05, 0.1) is 12.1 Å². The van der Waals surface area contributed by atoms with Gasteiger partial charge in [0.1, 0.15) is 5.82 Å². The minimum absolute atomic E-state index is 0.0138. The molecule has 0 saturated heterocycles. The van der Waals surface area contributed by atoms with Crippen LogP contribution in [0.15, 0.2) is 60.8 Å². The second kappa shape index (κ2) is 7.51. The van der Waals surface area contributed by atoms with E-state index < -0.39 is 0 Å². The zero-order chi connectivity index (χ0) is 16.9. The highest BCUT2D eigenvalue weighted by Crippen LogP contribution is 2.22. The van der Waals surface area contributed by atoms with Gasteiger partial charge in [-0.3, -0.25) is 4.98 Å². The van der Waals surface area contributed by atoms with Crippen molar-refractivity contribution in [1.29, 1.82) is 0 Å². The number of rotatable bonds is 6. The van der Waals surface area contributed by atoms with Gasteiger partial charge in [-0.2, -0.15) is 0 Å². The van der Waals surface area contributed by atoms with Crippen LogP contribution in [0.25, 0.3) is 10.9 Å². The summed E-state index contributed by atoms with van der Waals surface area (Å²) in [6, 6.07) is 16.4. The van der Waals surface area contributed by atoms with Crippen LogP contribution in [-0.2, 0) is 6.42 Å². The lowest BCUT2D eigenvalue weighted by Gasteiger charge is -2.23. The average Bonchev–Trinajstić information content (AvgIpc) is 2.62. The zero-order valence-corrected chi connectivity index (χ0v) is 13.6. The normalized spacial score (nSPS) is 13.8. The fourth-order valence-corrected chi connectivity index (χ4v) is 3.00. The predicted octanol–water partition coefficient (Wildman–Crippen LogP) is 3.63. The Morgan fingerprint density at radius 3 is 2.58 bits per heavy atom. The number of aromatic nitrogens is 1. The van der Waals surface area contributed by atoms with Crippen molar-refractivity contribution < 1.29 is 9.50 Å². The fourth-order valence-electron chi connectivity index (χ4n) is 3.00. The predicted molar refractivity (Wildman–Crippen MR) is 94.3 cm³/mol. The Morgan fingerprint density at radius 2 is 1.83 bits per heavy atom. The van der Waals surface area contributed by atoms with Crippen LogP contribution in [0.2, 0.25) is 0 Å². The summed E-state index contributed by atoms with van der Waals surface area (Å²) in [4.78, 5) is 4.48. The third-order valence-electron chi connectivity index (χ3n) is 4.23. The SMILES string of the molecule is CC(NC(CO)Cc1ccc(F)cc1)c1cccc2cccnc12. The topological polar surface area (TPSA) is 45.1 Å². The molecule has 0 amide bonds. The number of pyridine rings is 1. The maximum absolute atomic E-state index is 13.0. The number of nitrogens with one attached hydrogen (secondary N) is 1. The van der Waals surface area contributed by atoms with Crippen molar-refractivity contribution >= 4 is 10.9 Å². The van der Waals surface area contributed by atoms with Gasteiger partial charge in [-0.1, -0.05) is 36.4 Å². The molecule has 1 aromatic heterocycles. The quantitative estimate of drug-likeness (QED) is 0.728. The molecule has 0 radical (unpaired) electrons. The molecule has 4 heteroatoms. The highest BCUT2D eigenvalue weighted by Gasteiger charge is 2.15. The van der Waals surface area contributed by atoms with E-state index in [2.05, 4.69) is 23.3 Å². The molecule has 0 fully saturated rings. The average molecular weight is 324 g/mol. The lowest BCUT2D eigenvalue weighted by Crippen LogP contribution is -2.36. The molecule has 1 heterocycles. The first-order valence-electron chi connectivity index (χ1n) is 8.12. The fraction of sp³-hybridized carbons (Fsp3) is 0.250. The minimum Gasteiger partial charge on any atom is -0.395 e. The molecule has 2 unspecified atom stereocenters. The molecule has 0 aliphatic rings. The lowest BCUT2D eigenvalue weighted by molar-refractivity contribution is 0.233. The Hall–Kier alpha value is -2.30. The highest BCUT2D eigenvalue weighted by molar-refractivity contribution is 5.81. The van der Waals surface area contributed by atoms with E-state index in [9.17, 15) is 9.50 Å². The molecule has 2 aromatic carbocycles. The van der Waals surface area contributed by atoms with Crippen molar-refractivity contribution in [3.8, 4) is 0 Å². The number of aliphatic hydroxyl groups excluding tert-OH is 1. The Kier molecular flexibility index (Phi) is 5.18. The number of nitrogens with zero attached hydrogens (tertiary/aromatic N) is 1. The molecule has 24 heavy (non-hydrogen) atoms. The Morgan fingerprint density at radius 1 is 1.08 bits per heavy atom. The van der Waals surface area contributed by atoms with Crippen molar-refractivity contribution in [2.45, 2.75) is 25.4 Å². The van der Waals surface area contributed by atoms with Crippen LogP contribution in [0.4, 0.5) is 4.39 Å². The van der Waals surface area contributed by atoms with Crippen LogP contribution in [0.5, 0.6) is 0 Å². The lowest BCUT2D eigenvalue weighted by atomic mass is 10.0. The first kappa shape index (κ1) is 16.6. The number of para-hydroxylation sites is 1. The summed E-state index contributed by atoms with van der Waals surface area (Å²) in [5.41, 5.74) is 3.07. The summed E-state index contributed by atoms with van der Waals surface area (Å²) >= 11 is 0. The molecule has 0 spiro atoms. The van der Waals surface area contributed by atoms with Gasteiger partial charge in [0.2, 0.25) is 0 Å². The van der Waals surface area contributed by atoms with Crippen LogP contribution in [0, 0.1) is 5.82 Å². The third kappa shape index (κ3) is 3.78. The summed E-state index contributed by atoms with van der Waals surface area (Å²) in [6.07, 6.45) is 2.43. The van der Waals surface area contributed by atoms with Crippen LogP contribution >= 0.6 is 0 Å². The van der Waals surface area contributed by atoms with Crippen LogP contribution < -0.4 is 5.32 Å². The van der Waals surface area contributed by atoms with Crippen molar-refractivity contribution in [2.24, 2.45) is 0 Å². The molecule has 2 atom stereocenters. The summed E-state index contributed by atoms with van der Waals surface area (Å²) in [7, 11) is 0. The number of aliphatic hydroxyl groups is 1. The number of benzene rings is 2. The second-order valence-corrected chi connectivity index (χ2v) is 6.02. The van der Waals surface area contributed by atoms with Crippen LogP contribution in [-0.4, -0.2) is 22.7 Å². The number of hydrogen-bond acceptors (Lipinski definition) is 3. The first-order chi connectivity index (χ1) is 11.7. The first-order valence-corrected chi connectivity index (χ1v) is 8.12.